The lowest BCUT2D eigenvalue weighted by Crippen LogP contribution is -2.26. The molecule has 2 aromatic heterocycles. The Balaban J connectivity index is 1.12. The summed E-state index contributed by atoms with van der Waals surface area (Å²) in [6, 6.07) is 20.2. The van der Waals surface area contributed by atoms with Crippen molar-refractivity contribution in [3.8, 4) is 5.75 Å². The highest BCUT2D eigenvalue weighted by Crippen LogP contribution is 2.19. The van der Waals surface area contributed by atoms with Crippen LogP contribution in [0.3, 0.4) is 0 Å². The van der Waals surface area contributed by atoms with Crippen molar-refractivity contribution in [1.82, 2.24) is 20.4 Å². The number of rotatable bonds is 15. The van der Waals surface area contributed by atoms with Crippen LogP contribution < -0.4 is 15.4 Å². The van der Waals surface area contributed by atoms with Gasteiger partial charge >= 0.3 is 5.97 Å². The molecule has 2 aromatic carbocycles. The van der Waals surface area contributed by atoms with Crippen LogP contribution in [0.5, 0.6) is 5.75 Å². The number of anilines is 2. The Morgan fingerprint density at radius 3 is 2.49 bits per heavy atom. The highest BCUT2D eigenvalue weighted by atomic mass is 32.1. The Morgan fingerprint density at radius 1 is 0.902 bits per heavy atom. The van der Waals surface area contributed by atoms with Gasteiger partial charge in [-0.05, 0) is 54.7 Å². The summed E-state index contributed by atoms with van der Waals surface area (Å²) in [6.45, 7) is -0.00682. The molecule has 4 rings (SSSR count). The number of esters is 1. The molecule has 1 amide bonds. The lowest BCUT2D eigenvalue weighted by molar-refractivity contribution is -0.139. The van der Waals surface area contributed by atoms with Crippen molar-refractivity contribution >= 4 is 34.2 Å². The van der Waals surface area contributed by atoms with Crippen molar-refractivity contribution in [3.63, 3.8) is 0 Å². The molecule has 0 saturated heterocycles. The van der Waals surface area contributed by atoms with Gasteiger partial charge < -0.3 is 25.2 Å². The molecule has 0 radical (unpaired) electrons. The molecule has 2 heterocycles. The van der Waals surface area contributed by atoms with Crippen LogP contribution in [-0.2, 0) is 40.0 Å². The minimum absolute atomic E-state index is 0.00682. The van der Waals surface area contributed by atoms with Crippen LogP contribution >= 0.6 is 11.3 Å². The molecule has 0 spiro atoms. The van der Waals surface area contributed by atoms with Gasteiger partial charge in [0.1, 0.15) is 17.4 Å². The molecule has 1 atom stereocenters. The number of aliphatic hydroxyl groups is 1. The van der Waals surface area contributed by atoms with Gasteiger partial charge in [0.2, 0.25) is 11.0 Å². The van der Waals surface area contributed by atoms with Crippen LogP contribution in [-0.4, -0.2) is 57.3 Å². The molecule has 4 aromatic rings. The Labute approximate surface area is 242 Å². The normalized spacial score (nSPS) is 11.5. The van der Waals surface area contributed by atoms with Crippen LogP contribution in [0, 0.1) is 0 Å². The van der Waals surface area contributed by atoms with Gasteiger partial charge in [-0.1, -0.05) is 53.8 Å². The highest BCUT2D eigenvalue weighted by molar-refractivity contribution is 7.15. The Hall–Kier alpha value is -4.42. The monoisotopic (exact) mass is 576 g/mol. The summed E-state index contributed by atoms with van der Waals surface area (Å²) in [5, 5.41) is 34.0. The second-order valence-corrected chi connectivity index (χ2v) is 10.3. The predicted molar refractivity (Wildman–Crippen MR) is 155 cm³/mol. The third-order valence-electron chi connectivity index (χ3n) is 5.91. The summed E-state index contributed by atoms with van der Waals surface area (Å²) in [5.41, 5.74) is 2.55. The number of hydrogen-bond acceptors (Lipinski definition) is 11. The maximum atomic E-state index is 12.2. The van der Waals surface area contributed by atoms with Crippen molar-refractivity contribution in [2.75, 3.05) is 24.4 Å². The average molecular weight is 577 g/mol. The standard InChI is InChI=1S/C29H32N6O5S/c1-39-28(38)18-21-10-7-12-23(16-21)40-19-26(37)31-29-35-34-27(41-29)13-6-5-11-22-14-15-24(33-32-22)30-25(36)17-20-8-3-2-4-9-20/h2-4,7-10,12,14-16,26,37H,5-6,11,13,17-19H2,1H3,(H,31,35)(H,30,33,36). The van der Waals surface area contributed by atoms with E-state index in [2.05, 4.69) is 35.8 Å². The number of carbonyl (C=O) groups is 2. The maximum absolute atomic E-state index is 12.2. The molecule has 41 heavy (non-hydrogen) atoms. The predicted octanol–water partition coefficient (Wildman–Crippen LogP) is 3.60. The lowest BCUT2D eigenvalue weighted by atomic mass is 10.1. The van der Waals surface area contributed by atoms with Gasteiger partial charge in [-0.2, -0.15) is 5.10 Å². The number of methoxy groups -OCH3 is 1. The van der Waals surface area contributed by atoms with Gasteiger partial charge in [0.05, 0.1) is 25.6 Å². The minimum atomic E-state index is -0.982. The molecule has 0 aliphatic heterocycles. The van der Waals surface area contributed by atoms with E-state index < -0.39 is 6.23 Å². The summed E-state index contributed by atoms with van der Waals surface area (Å²) < 4.78 is 10.3. The molecular weight excluding hydrogens is 544 g/mol. The first-order valence-corrected chi connectivity index (χ1v) is 14.0. The first kappa shape index (κ1) is 29.6. The van der Waals surface area contributed by atoms with Gasteiger partial charge in [-0.15, -0.1) is 15.3 Å². The molecule has 214 valence electrons. The van der Waals surface area contributed by atoms with E-state index in [9.17, 15) is 14.7 Å². The van der Waals surface area contributed by atoms with Gasteiger partial charge in [0.15, 0.2) is 12.0 Å². The zero-order chi connectivity index (χ0) is 28.9. The van der Waals surface area contributed by atoms with Crippen molar-refractivity contribution in [3.05, 3.63) is 88.6 Å². The summed E-state index contributed by atoms with van der Waals surface area (Å²) in [4.78, 5) is 23.6. The number of aryl methyl sites for hydroxylation is 2. The SMILES string of the molecule is COC(=O)Cc1cccc(OCC(O)Nc2nnc(CCCCc3ccc(NC(=O)Cc4ccccc4)nn3)s2)c1. The third kappa shape index (κ3) is 10.2. The summed E-state index contributed by atoms with van der Waals surface area (Å²) in [7, 11) is 1.34. The second kappa shape index (κ2) is 15.4. The van der Waals surface area contributed by atoms with Crippen molar-refractivity contribution in [1.29, 1.82) is 0 Å². The largest absolute Gasteiger partial charge is 0.489 e. The number of aliphatic hydroxyl groups excluding tert-OH is 1. The van der Waals surface area contributed by atoms with Crippen LogP contribution in [0.25, 0.3) is 0 Å². The van der Waals surface area contributed by atoms with E-state index in [0.29, 0.717) is 16.7 Å². The number of unbranched alkanes of at least 4 members (excludes halogenated alkanes) is 1. The number of hydrogen-bond donors (Lipinski definition) is 3. The fourth-order valence-electron chi connectivity index (χ4n) is 3.87. The van der Waals surface area contributed by atoms with Crippen LogP contribution in [0.1, 0.15) is 34.7 Å². The van der Waals surface area contributed by atoms with E-state index >= 15 is 0 Å². The Kier molecular flexibility index (Phi) is 11.1. The number of nitrogens with one attached hydrogen (secondary N) is 2. The molecule has 0 fully saturated rings. The number of benzene rings is 2. The van der Waals surface area contributed by atoms with Gasteiger partial charge in [-0.3, -0.25) is 9.59 Å². The van der Waals surface area contributed by atoms with Crippen molar-refractivity contribution in [2.45, 2.75) is 44.8 Å². The summed E-state index contributed by atoms with van der Waals surface area (Å²) in [5.74, 6) is 0.507. The number of amides is 1. The van der Waals surface area contributed by atoms with E-state index in [1.165, 1.54) is 18.4 Å². The zero-order valence-electron chi connectivity index (χ0n) is 22.7. The molecular formula is C29H32N6O5S. The van der Waals surface area contributed by atoms with E-state index in [0.717, 1.165) is 47.5 Å². The molecule has 0 aliphatic carbocycles. The number of ether oxygens (including phenoxy) is 2. The quantitative estimate of drug-likeness (QED) is 0.109. The number of nitrogens with zero attached hydrogens (tertiary/aromatic N) is 4. The van der Waals surface area contributed by atoms with Crippen LogP contribution in [0.15, 0.2) is 66.7 Å². The number of carbonyl (C=O) groups excluding carboxylic acids is 2. The fourth-order valence-corrected chi connectivity index (χ4v) is 4.69. The van der Waals surface area contributed by atoms with Gasteiger partial charge in [-0.25, -0.2) is 0 Å². The molecule has 0 saturated carbocycles. The Morgan fingerprint density at radius 2 is 1.71 bits per heavy atom. The van der Waals surface area contributed by atoms with Crippen LogP contribution in [0.4, 0.5) is 10.9 Å². The minimum Gasteiger partial charge on any atom is -0.489 e. The maximum Gasteiger partial charge on any atom is 0.309 e. The van der Waals surface area contributed by atoms with Crippen molar-refractivity contribution < 1.29 is 24.2 Å². The Bertz CT molecular complexity index is 1400. The summed E-state index contributed by atoms with van der Waals surface area (Å²) >= 11 is 1.38. The van der Waals surface area contributed by atoms with Crippen LogP contribution in [0.2, 0.25) is 0 Å². The highest BCUT2D eigenvalue weighted by Gasteiger charge is 2.11. The van der Waals surface area contributed by atoms with Gasteiger partial charge in [0.25, 0.3) is 0 Å². The molecule has 0 bridgehead atoms. The van der Waals surface area contributed by atoms with Gasteiger partial charge in [0, 0.05) is 6.42 Å². The lowest BCUT2D eigenvalue weighted by Gasteiger charge is -2.13. The smallest absolute Gasteiger partial charge is 0.309 e. The van der Waals surface area contributed by atoms with E-state index in [4.69, 9.17) is 4.74 Å². The first-order valence-electron chi connectivity index (χ1n) is 13.2. The summed E-state index contributed by atoms with van der Waals surface area (Å²) in [6.07, 6.45) is 2.74. The molecule has 12 heteroatoms. The molecule has 1 unspecified atom stereocenters. The fraction of sp³-hybridized carbons (Fsp3) is 0.310. The molecule has 3 N–H and O–H groups in total. The average Bonchev–Trinajstić information content (AvgIpc) is 3.42. The second-order valence-electron chi connectivity index (χ2n) is 9.20. The zero-order valence-corrected chi connectivity index (χ0v) is 23.5. The molecule has 11 nitrogen and oxygen atoms in total. The van der Waals surface area contributed by atoms with E-state index in [-0.39, 0.29) is 31.3 Å². The topological polar surface area (TPSA) is 148 Å². The van der Waals surface area contributed by atoms with E-state index in [1.54, 1.807) is 30.3 Å². The first-order chi connectivity index (χ1) is 20.0. The van der Waals surface area contributed by atoms with Crippen molar-refractivity contribution in [2.24, 2.45) is 0 Å². The third-order valence-corrected chi connectivity index (χ3v) is 6.82. The van der Waals surface area contributed by atoms with E-state index in [1.807, 2.05) is 36.4 Å². The number of aromatic nitrogens is 4. The molecule has 0 aliphatic rings.